The third kappa shape index (κ3) is 7.00. The van der Waals surface area contributed by atoms with Crippen LogP contribution in [0, 0.1) is 5.82 Å². The highest BCUT2D eigenvalue weighted by atomic mass is 32.2. The second-order valence-electron chi connectivity index (χ2n) is 8.99. The van der Waals surface area contributed by atoms with Crippen LogP contribution in [0.25, 0.3) is 10.4 Å². The largest absolute Gasteiger partial charge is 0.424 e. The standard InChI is InChI=1S/C23H28FN3O9S3/c1-15(28)35-19-7-6-16(13-17(19)24)20-8-9-22(37-20)39(32,33)27-11-10-26(38(2,30)31)14-18(27)23(29)25-36-21-5-3-4-12-34-21/h6-9,13,18,21H,3-5,10-12,14H2,1-2H3,(H,25,29). The number of rotatable bonds is 8. The lowest BCUT2D eigenvalue weighted by Crippen LogP contribution is -2.61. The fourth-order valence-corrected chi connectivity index (χ4v) is 7.99. The Bertz CT molecular complexity index is 1440. The molecule has 1 N–H and O–H groups in total. The van der Waals surface area contributed by atoms with Gasteiger partial charge in [0.25, 0.3) is 15.9 Å². The molecular formula is C23H28FN3O9S3. The van der Waals surface area contributed by atoms with Crippen molar-refractivity contribution >= 4 is 43.3 Å². The molecule has 2 atom stereocenters. The van der Waals surface area contributed by atoms with Crippen LogP contribution < -0.4 is 10.2 Å². The van der Waals surface area contributed by atoms with Gasteiger partial charge in [-0.2, -0.15) is 8.61 Å². The summed E-state index contributed by atoms with van der Waals surface area (Å²) >= 11 is 0.852. The van der Waals surface area contributed by atoms with Crippen LogP contribution in [0.15, 0.2) is 34.5 Å². The Labute approximate surface area is 229 Å². The Balaban J connectivity index is 1.57. The second kappa shape index (κ2) is 12.0. The first-order chi connectivity index (χ1) is 18.4. The monoisotopic (exact) mass is 605 g/mol. The number of benzene rings is 1. The van der Waals surface area contributed by atoms with Crippen molar-refractivity contribution in [2.45, 2.75) is 42.7 Å². The van der Waals surface area contributed by atoms with E-state index in [1.54, 1.807) is 0 Å². The molecule has 0 aliphatic carbocycles. The fraction of sp³-hybridized carbons (Fsp3) is 0.478. The van der Waals surface area contributed by atoms with Crippen molar-refractivity contribution < 1.29 is 45.1 Å². The predicted octanol–water partition coefficient (Wildman–Crippen LogP) is 1.69. The summed E-state index contributed by atoms with van der Waals surface area (Å²) in [4.78, 5) is 29.9. The van der Waals surface area contributed by atoms with Gasteiger partial charge in [0.2, 0.25) is 10.0 Å². The number of nitrogens with one attached hydrogen (secondary N) is 1. The van der Waals surface area contributed by atoms with Crippen molar-refractivity contribution in [3.63, 3.8) is 0 Å². The number of hydrogen-bond donors (Lipinski definition) is 1. The summed E-state index contributed by atoms with van der Waals surface area (Å²) in [5, 5.41) is 0. The van der Waals surface area contributed by atoms with Crippen molar-refractivity contribution in [1.82, 2.24) is 14.1 Å². The molecule has 4 rings (SSSR count). The van der Waals surface area contributed by atoms with Gasteiger partial charge in [-0.1, -0.05) is 0 Å². The summed E-state index contributed by atoms with van der Waals surface area (Å²) < 4.78 is 78.1. The topological polar surface area (TPSA) is 149 Å². The molecule has 39 heavy (non-hydrogen) atoms. The molecule has 1 amide bonds. The maximum Gasteiger partial charge on any atom is 0.308 e. The van der Waals surface area contributed by atoms with E-state index in [9.17, 15) is 30.8 Å². The minimum atomic E-state index is -4.27. The molecule has 2 aliphatic rings. The maximum absolute atomic E-state index is 14.4. The van der Waals surface area contributed by atoms with Crippen LogP contribution in [0.3, 0.4) is 0 Å². The smallest absolute Gasteiger partial charge is 0.308 e. The molecule has 2 aromatic rings. The zero-order valence-corrected chi connectivity index (χ0v) is 23.6. The van der Waals surface area contributed by atoms with Gasteiger partial charge in [-0.25, -0.2) is 31.5 Å². The molecule has 2 saturated heterocycles. The van der Waals surface area contributed by atoms with E-state index in [0.29, 0.717) is 23.5 Å². The highest BCUT2D eigenvalue weighted by Crippen LogP contribution is 2.35. The van der Waals surface area contributed by atoms with E-state index in [-0.39, 0.29) is 23.0 Å². The lowest BCUT2D eigenvalue weighted by atomic mass is 10.2. The van der Waals surface area contributed by atoms with Crippen molar-refractivity contribution in [2.75, 3.05) is 32.5 Å². The van der Waals surface area contributed by atoms with Crippen molar-refractivity contribution in [3.05, 3.63) is 36.1 Å². The van der Waals surface area contributed by atoms with E-state index < -0.39 is 56.6 Å². The summed E-state index contributed by atoms with van der Waals surface area (Å²) in [6.45, 7) is 0.786. The number of sulfonamides is 2. The third-order valence-electron chi connectivity index (χ3n) is 6.11. The molecule has 12 nitrogen and oxygen atoms in total. The summed E-state index contributed by atoms with van der Waals surface area (Å²) in [7, 11) is -7.98. The Hall–Kier alpha value is -2.47. The first-order valence-corrected chi connectivity index (χ1v) is 16.1. The molecule has 0 bridgehead atoms. The van der Waals surface area contributed by atoms with E-state index in [2.05, 4.69) is 5.48 Å². The minimum Gasteiger partial charge on any atom is -0.424 e. The Kier molecular flexibility index (Phi) is 9.05. The number of piperazine rings is 1. The normalized spacial score (nSPS) is 21.4. The van der Waals surface area contributed by atoms with Crippen molar-refractivity contribution in [2.24, 2.45) is 0 Å². The summed E-state index contributed by atoms with van der Waals surface area (Å²) in [5.41, 5.74) is 2.59. The van der Waals surface area contributed by atoms with Gasteiger partial charge >= 0.3 is 5.97 Å². The summed E-state index contributed by atoms with van der Waals surface area (Å²) in [6.07, 6.45) is 2.54. The van der Waals surface area contributed by atoms with Gasteiger partial charge in [-0.15, -0.1) is 11.3 Å². The van der Waals surface area contributed by atoms with Gasteiger partial charge in [0.05, 0.1) is 6.26 Å². The molecule has 1 aromatic heterocycles. The number of nitrogens with zero attached hydrogens (tertiary/aromatic N) is 2. The number of halogens is 1. The molecule has 0 radical (unpaired) electrons. The molecule has 1 aromatic carbocycles. The Morgan fingerprint density at radius 3 is 2.54 bits per heavy atom. The number of esters is 1. The van der Waals surface area contributed by atoms with Gasteiger partial charge in [0.1, 0.15) is 10.3 Å². The second-order valence-corrected chi connectivity index (χ2v) is 14.2. The van der Waals surface area contributed by atoms with E-state index >= 15 is 0 Å². The van der Waals surface area contributed by atoms with Crippen LogP contribution >= 0.6 is 11.3 Å². The van der Waals surface area contributed by atoms with Crippen LogP contribution in [-0.4, -0.2) is 82.2 Å². The number of hydroxylamine groups is 1. The van der Waals surface area contributed by atoms with Gasteiger partial charge in [0.15, 0.2) is 17.9 Å². The number of carbonyl (C=O) groups excluding carboxylic acids is 2. The number of carbonyl (C=O) groups is 2. The van der Waals surface area contributed by atoms with Gasteiger partial charge in [-0.05, 0) is 48.7 Å². The van der Waals surface area contributed by atoms with E-state index in [0.717, 1.165) is 52.0 Å². The average Bonchev–Trinajstić information content (AvgIpc) is 3.39. The van der Waals surface area contributed by atoms with Gasteiger partial charge in [-0.3, -0.25) is 9.59 Å². The summed E-state index contributed by atoms with van der Waals surface area (Å²) in [5.74, 6) is -2.57. The first kappa shape index (κ1) is 29.5. The average molecular weight is 606 g/mol. The molecule has 0 saturated carbocycles. The van der Waals surface area contributed by atoms with Crippen molar-refractivity contribution in [3.8, 4) is 16.2 Å². The maximum atomic E-state index is 14.4. The number of ether oxygens (including phenoxy) is 2. The van der Waals surface area contributed by atoms with Crippen molar-refractivity contribution in [1.29, 1.82) is 0 Å². The van der Waals surface area contributed by atoms with E-state index in [1.807, 2.05) is 0 Å². The van der Waals surface area contributed by atoms with Gasteiger partial charge in [0, 0.05) is 44.5 Å². The lowest BCUT2D eigenvalue weighted by Gasteiger charge is -2.38. The molecule has 16 heteroatoms. The van der Waals surface area contributed by atoms with Gasteiger partial charge < -0.3 is 9.47 Å². The predicted molar refractivity (Wildman–Crippen MR) is 138 cm³/mol. The quantitative estimate of drug-likeness (QED) is 0.270. The molecule has 3 heterocycles. The number of hydrogen-bond acceptors (Lipinski definition) is 10. The minimum absolute atomic E-state index is 0.121. The molecule has 214 valence electrons. The third-order valence-corrected chi connectivity index (χ3v) is 10.9. The van der Waals surface area contributed by atoms with Crippen LogP contribution in [0.5, 0.6) is 5.75 Å². The summed E-state index contributed by atoms with van der Waals surface area (Å²) in [6, 6.07) is 5.27. The Morgan fingerprint density at radius 2 is 1.90 bits per heavy atom. The van der Waals surface area contributed by atoms with Crippen LogP contribution in [-0.2, 0) is 39.2 Å². The van der Waals surface area contributed by atoms with Crippen LogP contribution in [0.4, 0.5) is 4.39 Å². The number of thiophene rings is 1. The Morgan fingerprint density at radius 1 is 1.13 bits per heavy atom. The number of amides is 1. The molecular weight excluding hydrogens is 577 g/mol. The molecule has 2 unspecified atom stereocenters. The van der Waals surface area contributed by atoms with Crippen LogP contribution in [0.2, 0.25) is 0 Å². The van der Waals surface area contributed by atoms with Crippen LogP contribution in [0.1, 0.15) is 26.2 Å². The highest BCUT2D eigenvalue weighted by molar-refractivity contribution is 7.91. The van der Waals surface area contributed by atoms with E-state index in [1.165, 1.54) is 24.3 Å². The zero-order chi connectivity index (χ0) is 28.4. The fourth-order valence-electron chi connectivity index (χ4n) is 4.16. The first-order valence-electron chi connectivity index (χ1n) is 12.0. The van der Waals surface area contributed by atoms with E-state index in [4.69, 9.17) is 14.3 Å². The molecule has 0 spiro atoms. The molecule has 2 aliphatic heterocycles. The molecule has 2 fully saturated rings. The lowest BCUT2D eigenvalue weighted by molar-refractivity contribution is -0.202. The SMILES string of the molecule is CC(=O)Oc1ccc(-c2ccc(S(=O)(=O)N3CCN(S(C)(=O)=O)CC3C(=O)NOC3CCCCO3)s2)cc1F. The zero-order valence-electron chi connectivity index (χ0n) is 21.2. The highest BCUT2D eigenvalue weighted by Gasteiger charge is 2.43.